The van der Waals surface area contributed by atoms with Gasteiger partial charge in [-0.25, -0.2) is 0 Å². The molecule has 86 valence electrons. The average Bonchev–Trinajstić information content (AvgIpc) is 2.11. The topological polar surface area (TPSA) is 38.0 Å². The lowest BCUT2D eigenvalue weighted by Gasteiger charge is -2.25. The maximum Gasteiger partial charge on any atom is 0.0125 e. The normalized spacial score (nSPS) is 12.0. The van der Waals surface area contributed by atoms with Crippen molar-refractivity contribution in [2.24, 2.45) is 5.73 Å². The van der Waals surface area contributed by atoms with Crippen molar-refractivity contribution in [3.05, 3.63) is 0 Å². The van der Waals surface area contributed by atoms with E-state index in [1.807, 2.05) is 0 Å². The molecule has 0 spiro atoms. The minimum absolute atomic E-state index is 0.322. The van der Waals surface area contributed by atoms with Gasteiger partial charge in [-0.1, -0.05) is 26.2 Å². The maximum atomic E-state index is 5.44. The van der Waals surface area contributed by atoms with Crippen molar-refractivity contribution in [2.45, 2.75) is 64.8 Å². The summed E-state index contributed by atoms with van der Waals surface area (Å²) in [4.78, 5) is 0. The van der Waals surface area contributed by atoms with E-state index < -0.39 is 0 Å². The molecule has 0 fully saturated rings. The van der Waals surface area contributed by atoms with Crippen LogP contribution in [-0.2, 0) is 0 Å². The van der Waals surface area contributed by atoms with E-state index in [1.165, 1.54) is 38.5 Å². The van der Waals surface area contributed by atoms with Crippen LogP contribution in [0.15, 0.2) is 0 Å². The number of hydrogen-bond acceptors (Lipinski definition) is 2. The Hall–Kier alpha value is -0.0800. The summed E-state index contributed by atoms with van der Waals surface area (Å²) in [5, 5.41) is 3.61. The molecule has 0 aliphatic rings. The van der Waals surface area contributed by atoms with Crippen LogP contribution in [0.25, 0.3) is 0 Å². The van der Waals surface area contributed by atoms with E-state index in [2.05, 4.69) is 26.1 Å². The number of nitrogens with two attached hydrogens (primary N) is 1. The van der Waals surface area contributed by atoms with Crippen molar-refractivity contribution in [1.29, 1.82) is 0 Å². The summed E-state index contributed by atoms with van der Waals surface area (Å²) < 4.78 is 0. The van der Waals surface area contributed by atoms with Crippen LogP contribution in [0.1, 0.15) is 59.3 Å². The van der Waals surface area contributed by atoms with Crippen LogP contribution in [0.3, 0.4) is 0 Å². The zero-order valence-electron chi connectivity index (χ0n) is 10.2. The van der Waals surface area contributed by atoms with Crippen LogP contribution in [-0.4, -0.2) is 18.6 Å². The van der Waals surface area contributed by atoms with Crippen LogP contribution in [0, 0.1) is 0 Å². The SMILES string of the molecule is CCCC(C)(C)NCCCCCCN. The van der Waals surface area contributed by atoms with Crippen LogP contribution < -0.4 is 11.1 Å². The van der Waals surface area contributed by atoms with E-state index in [0.29, 0.717) is 5.54 Å². The van der Waals surface area contributed by atoms with Crippen LogP contribution in [0.2, 0.25) is 0 Å². The summed E-state index contributed by atoms with van der Waals surface area (Å²) in [6, 6.07) is 0. The molecule has 0 unspecified atom stereocenters. The van der Waals surface area contributed by atoms with E-state index in [1.54, 1.807) is 0 Å². The van der Waals surface area contributed by atoms with Gasteiger partial charge in [-0.2, -0.15) is 0 Å². The monoisotopic (exact) mass is 200 g/mol. The third kappa shape index (κ3) is 8.52. The van der Waals surface area contributed by atoms with Crippen molar-refractivity contribution >= 4 is 0 Å². The van der Waals surface area contributed by atoms with Crippen molar-refractivity contribution in [3.8, 4) is 0 Å². The second kappa shape index (κ2) is 8.25. The number of hydrogen-bond donors (Lipinski definition) is 2. The van der Waals surface area contributed by atoms with Gasteiger partial charge in [0, 0.05) is 5.54 Å². The third-order valence-corrected chi connectivity index (χ3v) is 2.61. The Balaban J connectivity index is 3.26. The first kappa shape index (κ1) is 13.9. The Bertz CT molecular complexity index is 121. The number of unbranched alkanes of at least 4 members (excludes halogenated alkanes) is 3. The molecule has 0 aromatic heterocycles. The van der Waals surface area contributed by atoms with Gasteiger partial charge in [0.2, 0.25) is 0 Å². The fourth-order valence-electron chi connectivity index (χ4n) is 1.76. The quantitative estimate of drug-likeness (QED) is 0.562. The highest BCUT2D eigenvalue weighted by Gasteiger charge is 2.13. The van der Waals surface area contributed by atoms with Gasteiger partial charge >= 0.3 is 0 Å². The standard InChI is InChI=1S/C12H28N2/c1-4-9-12(2,3)14-11-8-6-5-7-10-13/h14H,4-11,13H2,1-3H3. The summed E-state index contributed by atoms with van der Waals surface area (Å²) >= 11 is 0. The summed E-state index contributed by atoms with van der Waals surface area (Å²) in [5.74, 6) is 0. The molecule has 0 rings (SSSR count). The molecule has 0 radical (unpaired) electrons. The van der Waals surface area contributed by atoms with Crippen LogP contribution in [0.5, 0.6) is 0 Å². The molecule has 0 aromatic carbocycles. The first-order valence-corrected chi connectivity index (χ1v) is 6.07. The highest BCUT2D eigenvalue weighted by molar-refractivity contribution is 4.76. The Morgan fingerprint density at radius 3 is 2.29 bits per heavy atom. The highest BCUT2D eigenvalue weighted by Crippen LogP contribution is 2.10. The molecule has 14 heavy (non-hydrogen) atoms. The molecule has 3 N–H and O–H groups in total. The molecular formula is C12H28N2. The lowest BCUT2D eigenvalue weighted by molar-refractivity contribution is 0.354. The molecule has 0 atom stereocenters. The van der Waals surface area contributed by atoms with Gasteiger partial charge in [0.25, 0.3) is 0 Å². The van der Waals surface area contributed by atoms with Crippen molar-refractivity contribution in [2.75, 3.05) is 13.1 Å². The lowest BCUT2D eigenvalue weighted by atomic mass is 9.99. The van der Waals surface area contributed by atoms with Crippen LogP contribution in [0.4, 0.5) is 0 Å². The predicted octanol–water partition coefficient (Wildman–Crippen LogP) is 2.67. The fraction of sp³-hybridized carbons (Fsp3) is 1.00. The van der Waals surface area contributed by atoms with Gasteiger partial charge in [0.05, 0.1) is 0 Å². The maximum absolute atomic E-state index is 5.44. The fourth-order valence-corrected chi connectivity index (χ4v) is 1.76. The Kier molecular flexibility index (Phi) is 8.20. The van der Waals surface area contributed by atoms with E-state index in [4.69, 9.17) is 5.73 Å². The van der Waals surface area contributed by atoms with Gasteiger partial charge in [0.15, 0.2) is 0 Å². The molecule has 0 heterocycles. The molecule has 0 bridgehead atoms. The summed E-state index contributed by atoms with van der Waals surface area (Å²) in [6.07, 6.45) is 7.58. The first-order valence-electron chi connectivity index (χ1n) is 6.07. The zero-order chi connectivity index (χ0) is 10.9. The molecular weight excluding hydrogens is 172 g/mol. The first-order chi connectivity index (χ1) is 6.62. The van der Waals surface area contributed by atoms with Crippen molar-refractivity contribution in [3.63, 3.8) is 0 Å². The zero-order valence-corrected chi connectivity index (χ0v) is 10.2. The predicted molar refractivity (Wildman–Crippen MR) is 64.5 cm³/mol. The molecule has 0 saturated heterocycles. The Morgan fingerprint density at radius 2 is 1.71 bits per heavy atom. The van der Waals surface area contributed by atoms with E-state index in [-0.39, 0.29) is 0 Å². The van der Waals surface area contributed by atoms with Gasteiger partial charge < -0.3 is 11.1 Å². The minimum atomic E-state index is 0.322. The second-order valence-electron chi connectivity index (χ2n) is 4.76. The van der Waals surface area contributed by atoms with Gasteiger partial charge in [0.1, 0.15) is 0 Å². The number of nitrogens with one attached hydrogen (secondary N) is 1. The molecule has 0 aliphatic heterocycles. The largest absolute Gasteiger partial charge is 0.330 e. The second-order valence-corrected chi connectivity index (χ2v) is 4.76. The summed E-state index contributed by atoms with van der Waals surface area (Å²) in [7, 11) is 0. The Labute approximate surface area is 89.6 Å². The molecule has 2 heteroatoms. The number of rotatable bonds is 9. The lowest BCUT2D eigenvalue weighted by Crippen LogP contribution is -2.39. The van der Waals surface area contributed by atoms with E-state index >= 15 is 0 Å². The molecule has 2 nitrogen and oxygen atoms in total. The van der Waals surface area contributed by atoms with Gasteiger partial charge in [-0.15, -0.1) is 0 Å². The smallest absolute Gasteiger partial charge is 0.0125 e. The average molecular weight is 200 g/mol. The van der Waals surface area contributed by atoms with Gasteiger partial charge in [-0.05, 0) is 46.2 Å². The molecule has 0 aliphatic carbocycles. The summed E-state index contributed by atoms with van der Waals surface area (Å²) in [6.45, 7) is 8.81. The summed E-state index contributed by atoms with van der Waals surface area (Å²) in [5.41, 5.74) is 5.76. The van der Waals surface area contributed by atoms with E-state index in [0.717, 1.165) is 13.1 Å². The van der Waals surface area contributed by atoms with E-state index in [9.17, 15) is 0 Å². The third-order valence-electron chi connectivity index (χ3n) is 2.61. The van der Waals surface area contributed by atoms with Crippen molar-refractivity contribution < 1.29 is 0 Å². The van der Waals surface area contributed by atoms with Crippen LogP contribution >= 0.6 is 0 Å². The van der Waals surface area contributed by atoms with Gasteiger partial charge in [-0.3, -0.25) is 0 Å². The molecule has 0 amide bonds. The minimum Gasteiger partial charge on any atom is -0.330 e. The molecule has 0 saturated carbocycles. The highest BCUT2D eigenvalue weighted by atomic mass is 14.9. The molecule has 0 aromatic rings. The Morgan fingerprint density at radius 1 is 1.07 bits per heavy atom. The van der Waals surface area contributed by atoms with Crippen molar-refractivity contribution in [1.82, 2.24) is 5.32 Å².